The van der Waals surface area contributed by atoms with Gasteiger partial charge < -0.3 is 14.4 Å². The van der Waals surface area contributed by atoms with E-state index in [1.165, 1.54) is 24.3 Å². The van der Waals surface area contributed by atoms with Crippen molar-refractivity contribution in [2.75, 3.05) is 17.1 Å². The van der Waals surface area contributed by atoms with Crippen molar-refractivity contribution in [2.45, 2.75) is 32.6 Å². The molecule has 0 saturated heterocycles. The zero-order valence-corrected chi connectivity index (χ0v) is 19.9. The van der Waals surface area contributed by atoms with Gasteiger partial charge in [-0.1, -0.05) is 0 Å². The summed E-state index contributed by atoms with van der Waals surface area (Å²) in [7, 11) is -3.70. The highest BCUT2D eigenvalue weighted by Crippen LogP contribution is 2.31. The van der Waals surface area contributed by atoms with Crippen LogP contribution in [0.15, 0.2) is 60.7 Å². The number of ether oxygens (including phenoxy) is 1. The lowest BCUT2D eigenvalue weighted by atomic mass is 10.1. The summed E-state index contributed by atoms with van der Waals surface area (Å²) in [4.78, 5) is 0. The maximum absolute atomic E-state index is 13.9. The van der Waals surface area contributed by atoms with Gasteiger partial charge in [0, 0.05) is 21.8 Å². The van der Waals surface area contributed by atoms with Crippen LogP contribution in [0.4, 0.5) is 14.5 Å². The number of hydrogen-bond acceptors (Lipinski definition) is 4. The summed E-state index contributed by atoms with van der Waals surface area (Å²) in [6.45, 7) is 3.61. The van der Waals surface area contributed by atoms with Crippen LogP contribution in [-0.2, 0) is 16.6 Å². The lowest BCUT2D eigenvalue weighted by molar-refractivity contribution is 0.166. The van der Waals surface area contributed by atoms with E-state index in [1.54, 1.807) is 41.0 Å². The molecule has 0 aliphatic carbocycles. The molecule has 1 aromatic heterocycles. The molecule has 4 aromatic rings. The van der Waals surface area contributed by atoms with E-state index in [1.807, 2.05) is 13.8 Å². The molecule has 0 radical (unpaired) electrons. The molecule has 1 N–H and O–H groups in total. The van der Waals surface area contributed by atoms with E-state index >= 15 is 0 Å². The number of aliphatic hydroxyl groups is 1. The Kier molecular flexibility index (Phi) is 6.51. The summed E-state index contributed by atoms with van der Waals surface area (Å²) in [5, 5.41) is 12.0. The first-order chi connectivity index (χ1) is 16.0. The monoisotopic (exact) mass is 488 g/mol. The van der Waals surface area contributed by atoms with Gasteiger partial charge in [-0.2, -0.15) is 0 Å². The Bertz CT molecular complexity index is 1370. The number of sulfonamides is 1. The van der Waals surface area contributed by atoms with Gasteiger partial charge in [0.15, 0.2) is 0 Å². The van der Waals surface area contributed by atoms with Crippen LogP contribution in [0.1, 0.15) is 13.8 Å². The van der Waals surface area contributed by atoms with Crippen LogP contribution in [0.3, 0.4) is 0 Å². The highest BCUT2D eigenvalue weighted by Gasteiger charge is 2.23. The minimum Gasteiger partial charge on any atom is -0.491 e. The molecule has 0 aliphatic rings. The second-order valence-electron chi connectivity index (χ2n) is 8.54. The molecule has 180 valence electrons. The Balaban J connectivity index is 1.65. The fourth-order valence-corrected chi connectivity index (χ4v) is 5.05. The lowest BCUT2D eigenvalue weighted by Gasteiger charge is -2.26. The summed E-state index contributed by atoms with van der Waals surface area (Å²) >= 11 is 0. The number of hydrogen-bond donors (Lipinski definition) is 1. The van der Waals surface area contributed by atoms with Gasteiger partial charge in [-0.3, -0.25) is 4.31 Å². The van der Waals surface area contributed by atoms with Gasteiger partial charge in [0.1, 0.15) is 17.4 Å². The van der Waals surface area contributed by atoms with Gasteiger partial charge in [-0.15, -0.1) is 0 Å². The first-order valence-corrected chi connectivity index (χ1v) is 12.7. The van der Waals surface area contributed by atoms with E-state index in [9.17, 15) is 22.3 Å². The zero-order valence-electron chi connectivity index (χ0n) is 19.1. The summed E-state index contributed by atoms with van der Waals surface area (Å²) in [5.41, 5.74) is 1.62. The van der Waals surface area contributed by atoms with E-state index in [-0.39, 0.29) is 19.2 Å². The van der Waals surface area contributed by atoms with Crippen LogP contribution in [0.5, 0.6) is 5.75 Å². The molecular formula is C25H26F2N2O4S. The van der Waals surface area contributed by atoms with Crippen molar-refractivity contribution in [2.24, 2.45) is 0 Å². The third-order valence-corrected chi connectivity index (χ3v) is 6.62. The van der Waals surface area contributed by atoms with E-state index in [0.717, 1.165) is 10.6 Å². The maximum atomic E-state index is 13.9. The molecule has 0 spiro atoms. The van der Waals surface area contributed by atoms with Crippen molar-refractivity contribution in [1.29, 1.82) is 0 Å². The van der Waals surface area contributed by atoms with E-state index in [2.05, 4.69) is 0 Å². The van der Waals surface area contributed by atoms with Gasteiger partial charge >= 0.3 is 0 Å². The molecule has 3 aromatic carbocycles. The second-order valence-corrected chi connectivity index (χ2v) is 10.4. The molecule has 0 amide bonds. The van der Waals surface area contributed by atoms with Crippen molar-refractivity contribution in [1.82, 2.24) is 4.57 Å². The molecule has 6 nitrogen and oxygen atoms in total. The highest BCUT2D eigenvalue weighted by atomic mass is 32.2. The number of halogens is 2. The summed E-state index contributed by atoms with van der Waals surface area (Å²) < 4.78 is 61.3. The normalized spacial score (nSPS) is 13.0. The second kappa shape index (κ2) is 9.23. The predicted molar refractivity (Wildman–Crippen MR) is 130 cm³/mol. The molecule has 1 atom stereocenters. The third-order valence-electron chi connectivity index (χ3n) is 5.46. The average molecular weight is 489 g/mol. The number of rotatable bonds is 8. The summed E-state index contributed by atoms with van der Waals surface area (Å²) in [5.74, 6) is -0.300. The van der Waals surface area contributed by atoms with E-state index in [0.29, 0.717) is 33.2 Å². The fraction of sp³-hybridized carbons (Fsp3) is 0.280. The number of aliphatic hydroxyl groups excluding tert-OH is 1. The van der Waals surface area contributed by atoms with Crippen LogP contribution in [0.25, 0.3) is 21.8 Å². The molecular weight excluding hydrogens is 462 g/mol. The molecule has 0 bridgehead atoms. The van der Waals surface area contributed by atoms with Gasteiger partial charge in [0.25, 0.3) is 0 Å². The van der Waals surface area contributed by atoms with Gasteiger partial charge in [0.2, 0.25) is 10.0 Å². The summed E-state index contributed by atoms with van der Waals surface area (Å²) in [6, 6.07) is 15.0. The van der Waals surface area contributed by atoms with Gasteiger partial charge in [-0.25, -0.2) is 17.2 Å². The number of fused-ring (bicyclic) bond motifs is 3. The average Bonchev–Trinajstić information content (AvgIpc) is 3.03. The van der Waals surface area contributed by atoms with E-state index < -0.39 is 27.8 Å². The van der Waals surface area contributed by atoms with Crippen molar-refractivity contribution >= 4 is 37.5 Å². The number of aromatic nitrogens is 1. The highest BCUT2D eigenvalue weighted by molar-refractivity contribution is 7.92. The molecule has 0 aliphatic heterocycles. The molecule has 34 heavy (non-hydrogen) atoms. The van der Waals surface area contributed by atoms with Crippen LogP contribution in [0, 0.1) is 11.6 Å². The van der Waals surface area contributed by atoms with Crippen LogP contribution in [0.2, 0.25) is 0 Å². The first-order valence-electron chi connectivity index (χ1n) is 10.8. The zero-order chi connectivity index (χ0) is 24.6. The van der Waals surface area contributed by atoms with Crippen LogP contribution >= 0.6 is 0 Å². The van der Waals surface area contributed by atoms with Gasteiger partial charge in [0.05, 0.1) is 37.2 Å². The topological polar surface area (TPSA) is 71.8 Å². The number of benzene rings is 3. The smallest absolute Gasteiger partial charge is 0.232 e. The molecule has 0 saturated carbocycles. The lowest BCUT2D eigenvalue weighted by Crippen LogP contribution is -2.38. The Labute approximate surface area is 197 Å². The summed E-state index contributed by atoms with van der Waals surface area (Å²) in [6.07, 6.45) is -0.0494. The largest absolute Gasteiger partial charge is 0.491 e. The SMILES string of the molecule is CC(C)Oc1ccc(N(CC(O)Cn2c3ccc(F)cc3c3cc(F)ccc32)S(C)(=O)=O)cc1. The molecule has 4 rings (SSSR count). The van der Waals surface area contributed by atoms with E-state index in [4.69, 9.17) is 4.74 Å². The first kappa shape index (κ1) is 24.0. The minimum atomic E-state index is -3.70. The minimum absolute atomic E-state index is 0.0214. The van der Waals surface area contributed by atoms with Crippen LogP contribution < -0.4 is 9.04 Å². The molecule has 0 fully saturated rings. The predicted octanol–water partition coefficient (Wildman–Crippen LogP) is 4.69. The Hall–Kier alpha value is -3.17. The molecule has 1 unspecified atom stereocenters. The van der Waals surface area contributed by atoms with Crippen molar-refractivity contribution in [3.63, 3.8) is 0 Å². The third kappa shape index (κ3) is 5.00. The standard InChI is InChI=1S/C25H26F2N2O4S/c1-16(2)33-21-8-6-19(7-9-21)29(34(3,31)32)15-20(30)14-28-24-10-4-17(26)12-22(24)23-13-18(27)5-11-25(23)28/h4-13,16,20,30H,14-15H2,1-3H3. The Morgan fingerprint density at radius 3 is 1.94 bits per heavy atom. The number of anilines is 1. The quantitative estimate of drug-likeness (QED) is 0.391. The molecule has 1 heterocycles. The fourth-order valence-electron chi connectivity index (χ4n) is 4.10. The van der Waals surface area contributed by atoms with Gasteiger partial charge in [-0.05, 0) is 74.5 Å². The van der Waals surface area contributed by atoms with Crippen molar-refractivity contribution in [3.8, 4) is 5.75 Å². The van der Waals surface area contributed by atoms with Crippen LogP contribution in [-0.4, -0.2) is 43.1 Å². The van der Waals surface area contributed by atoms with Crippen molar-refractivity contribution < 1.29 is 27.0 Å². The Morgan fingerprint density at radius 2 is 1.47 bits per heavy atom. The molecule has 9 heteroatoms. The number of nitrogens with zero attached hydrogens (tertiary/aromatic N) is 2. The maximum Gasteiger partial charge on any atom is 0.232 e. The Morgan fingerprint density at radius 1 is 0.941 bits per heavy atom. The van der Waals surface area contributed by atoms with Crippen molar-refractivity contribution in [3.05, 3.63) is 72.3 Å².